The van der Waals surface area contributed by atoms with Crippen molar-refractivity contribution in [1.29, 1.82) is 0 Å². The second-order valence-electron chi connectivity index (χ2n) is 4.79. The number of hydrogen-bond donors (Lipinski definition) is 1. The molecule has 0 saturated heterocycles. The van der Waals surface area contributed by atoms with Crippen molar-refractivity contribution in [3.63, 3.8) is 0 Å². The molecule has 0 aliphatic carbocycles. The summed E-state index contributed by atoms with van der Waals surface area (Å²) in [7, 11) is 0. The summed E-state index contributed by atoms with van der Waals surface area (Å²) < 4.78 is 0. The molecule has 0 saturated carbocycles. The minimum Gasteiger partial charge on any atom is -0.508 e. The molecular weight excluding hydrogens is 220 g/mol. The van der Waals surface area contributed by atoms with Crippen molar-refractivity contribution in [2.45, 2.75) is 19.3 Å². The van der Waals surface area contributed by atoms with E-state index in [-0.39, 0.29) is 11.2 Å². The van der Waals surface area contributed by atoms with Crippen LogP contribution in [0.15, 0.2) is 54.6 Å². The predicted molar refractivity (Wildman–Crippen MR) is 74.5 cm³/mol. The quantitative estimate of drug-likeness (QED) is 0.748. The number of phenols is 1. The number of aromatic hydroxyl groups is 1. The van der Waals surface area contributed by atoms with Gasteiger partial charge in [0.05, 0.1) is 5.41 Å². The molecule has 90 valence electrons. The van der Waals surface area contributed by atoms with Crippen molar-refractivity contribution in [3.05, 3.63) is 65.7 Å². The van der Waals surface area contributed by atoms with Crippen LogP contribution in [0.3, 0.4) is 0 Å². The fraction of sp³-hybridized carbons (Fsp3) is 0.176. The molecule has 0 heterocycles. The summed E-state index contributed by atoms with van der Waals surface area (Å²) in [6.07, 6.45) is 0. The zero-order chi connectivity index (χ0) is 13.0. The molecule has 0 fully saturated rings. The summed E-state index contributed by atoms with van der Waals surface area (Å²) in [4.78, 5) is 0. The SMILES string of the molecule is CC(C)(C#Cc1ccccc1)c1ccc(O)cc1. The van der Waals surface area contributed by atoms with Crippen LogP contribution in [0.2, 0.25) is 0 Å². The summed E-state index contributed by atoms with van der Waals surface area (Å²) in [6, 6.07) is 17.2. The van der Waals surface area contributed by atoms with Crippen LogP contribution >= 0.6 is 0 Å². The molecule has 0 unspecified atom stereocenters. The molecule has 0 atom stereocenters. The average Bonchev–Trinajstić information content (AvgIpc) is 2.38. The monoisotopic (exact) mass is 236 g/mol. The highest BCUT2D eigenvalue weighted by Crippen LogP contribution is 2.24. The Morgan fingerprint density at radius 1 is 0.889 bits per heavy atom. The van der Waals surface area contributed by atoms with Crippen LogP contribution in [0, 0.1) is 11.8 Å². The van der Waals surface area contributed by atoms with Gasteiger partial charge in [0.1, 0.15) is 5.75 Å². The van der Waals surface area contributed by atoms with Gasteiger partial charge in [0.15, 0.2) is 0 Å². The lowest BCUT2D eigenvalue weighted by atomic mass is 9.85. The largest absolute Gasteiger partial charge is 0.508 e. The Hall–Kier alpha value is -2.20. The first-order valence-corrected chi connectivity index (χ1v) is 5.96. The van der Waals surface area contributed by atoms with E-state index in [1.807, 2.05) is 42.5 Å². The van der Waals surface area contributed by atoms with Crippen LogP contribution in [0.25, 0.3) is 0 Å². The van der Waals surface area contributed by atoms with Crippen LogP contribution in [-0.2, 0) is 5.41 Å². The smallest absolute Gasteiger partial charge is 0.115 e. The maximum atomic E-state index is 9.29. The van der Waals surface area contributed by atoms with Gasteiger partial charge in [-0.2, -0.15) is 0 Å². The molecule has 1 heteroatoms. The van der Waals surface area contributed by atoms with Crippen LogP contribution < -0.4 is 0 Å². The van der Waals surface area contributed by atoms with Gasteiger partial charge in [-0.15, -0.1) is 0 Å². The molecule has 0 aliphatic rings. The van der Waals surface area contributed by atoms with Crippen molar-refractivity contribution in [2.75, 3.05) is 0 Å². The van der Waals surface area contributed by atoms with Gasteiger partial charge in [0.2, 0.25) is 0 Å². The summed E-state index contributed by atoms with van der Waals surface area (Å²) in [6.45, 7) is 4.16. The fourth-order valence-electron chi connectivity index (χ4n) is 1.70. The van der Waals surface area contributed by atoms with Gasteiger partial charge < -0.3 is 5.11 Å². The van der Waals surface area contributed by atoms with E-state index in [4.69, 9.17) is 0 Å². The van der Waals surface area contributed by atoms with Crippen LogP contribution in [0.4, 0.5) is 0 Å². The first-order valence-electron chi connectivity index (χ1n) is 5.96. The molecule has 2 aromatic carbocycles. The second-order valence-corrected chi connectivity index (χ2v) is 4.79. The van der Waals surface area contributed by atoms with Gasteiger partial charge in [-0.3, -0.25) is 0 Å². The zero-order valence-electron chi connectivity index (χ0n) is 10.6. The second kappa shape index (κ2) is 4.98. The first kappa shape index (κ1) is 12.3. The van der Waals surface area contributed by atoms with Crippen molar-refractivity contribution in [1.82, 2.24) is 0 Å². The van der Waals surface area contributed by atoms with E-state index in [1.54, 1.807) is 12.1 Å². The first-order chi connectivity index (χ1) is 8.58. The topological polar surface area (TPSA) is 20.2 Å². The molecule has 1 N–H and O–H groups in total. The lowest BCUT2D eigenvalue weighted by molar-refractivity contribution is 0.474. The highest BCUT2D eigenvalue weighted by molar-refractivity contribution is 5.41. The molecular formula is C17H16O. The molecule has 2 aromatic rings. The van der Waals surface area contributed by atoms with E-state index in [0.717, 1.165) is 11.1 Å². The Kier molecular flexibility index (Phi) is 3.39. The van der Waals surface area contributed by atoms with Crippen molar-refractivity contribution in [2.24, 2.45) is 0 Å². The van der Waals surface area contributed by atoms with E-state index in [0.29, 0.717) is 0 Å². The predicted octanol–water partition coefficient (Wildman–Crippen LogP) is 3.72. The van der Waals surface area contributed by atoms with Crippen LogP contribution in [0.1, 0.15) is 25.0 Å². The summed E-state index contributed by atoms with van der Waals surface area (Å²) in [5, 5.41) is 9.29. The Morgan fingerprint density at radius 3 is 2.11 bits per heavy atom. The van der Waals surface area contributed by atoms with Crippen LogP contribution in [-0.4, -0.2) is 5.11 Å². The third-order valence-corrected chi connectivity index (χ3v) is 2.88. The minimum atomic E-state index is -0.233. The highest BCUT2D eigenvalue weighted by atomic mass is 16.3. The maximum Gasteiger partial charge on any atom is 0.115 e. The third-order valence-electron chi connectivity index (χ3n) is 2.88. The lowest BCUT2D eigenvalue weighted by Crippen LogP contribution is -2.13. The third kappa shape index (κ3) is 2.93. The maximum absolute atomic E-state index is 9.29. The van der Waals surface area contributed by atoms with Gasteiger partial charge in [0.25, 0.3) is 0 Å². The zero-order valence-corrected chi connectivity index (χ0v) is 10.6. The summed E-state index contributed by atoms with van der Waals surface area (Å²) in [5.41, 5.74) is 1.89. The standard InChI is InChI=1S/C17H16O/c1-17(2,15-8-10-16(18)11-9-15)13-12-14-6-4-3-5-7-14/h3-11,18H,1-2H3. The van der Waals surface area contributed by atoms with Crippen molar-refractivity contribution >= 4 is 0 Å². The highest BCUT2D eigenvalue weighted by Gasteiger charge is 2.16. The summed E-state index contributed by atoms with van der Waals surface area (Å²) in [5.74, 6) is 6.75. The molecule has 0 radical (unpaired) electrons. The van der Waals surface area contributed by atoms with E-state index in [2.05, 4.69) is 25.7 Å². The average molecular weight is 236 g/mol. The van der Waals surface area contributed by atoms with Crippen LogP contribution in [0.5, 0.6) is 5.75 Å². The van der Waals surface area contributed by atoms with Gasteiger partial charge in [-0.05, 0) is 43.7 Å². The van der Waals surface area contributed by atoms with Gasteiger partial charge in [-0.25, -0.2) is 0 Å². The van der Waals surface area contributed by atoms with E-state index in [9.17, 15) is 5.11 Å². The molecule has 1 nitrogen and oxygen atoms in total. The molecule has 0 amide bonds. The molecule has 0 aliphatic heterocycles. The molecule has 0 bridgehead atoms. The number of rotatable bonds is 1. The fourth-order valence-corrected chi connectivity index (χ4v) is 1.70. The molecule has 0 aromatic heterocycles. The van der Waals surface area contributed by atoms with Crippen molar-refractivity contribution < 1.29 is 5.11 Å². The molecule has 0 spiro atoms. The van der Waals surface area contributed by atoms with Gasteiger partial charge in [0, 0.05) is 5.56 Å². The number of hydrogen-bond acceptors (Lipinski definition) is 1. The van der Waals surface area contributed by atoms with E-state index < -0.39 is 0 Å². The lowest BCUT2D eigenvalue weighted by Gasteiger charge is -2.18. The minimum absolute atomic E-state index is 0.233. The Balaban J connectivity index is 2.27. The van der Waals surface area contributed by atoms with Gasteiger partial charge in [-0.1, -0.05) is 42.2 Å². The Labute approximate surface area is 108 Å². The number of benzene rings is 2. The van der Waals surface area contributed by atoms with Crippen molar-refractivity contribution in [3.8, 4) is 17.6 Å². The summed E-state index contributed by atoms with van der Waals surface area (Å²) >= 11 is 0. The Bertz CT molecular complexity index is 569. The Morgan fingerprint density at radius 2 is 1.50 bits per heavy atom. The van der Waals surface area contributed by atoms with E-state index in [1.165, 1.54) is 0 Å². The van der Waals surface area contributed by atoms with E-state index >= 15 is 0 Å². The molecule has 2 rings (SSSR count). The molecule has 18 heavy (non-hydrogen) atoms. The number of phenolic OH excluding ortho intramolecular Hbond substituents is 1. The van der Waals surface area contributed by atoms with Gasteiger partial charge >= 0.3 is 0 Å². The normalized spacial score (nSPS) is 10.6.